The Hall–Kier alpha value is -2.55. The van der Waals surface area contributed by atoms with Gasteiger partial charge in [0, 0.05) is 6.54 Å². The minimum atomic E-state index is -4.97. The summed E-state index contributed by atoms with van der Waals surface area (Å²) in [7, 11) is 0. The molecule has 0 radical (unpaired) electrons. The first-order valence-corrected chi connectivity index (χ1v) is 13.3. The fraction of sp³-hybridized carbons (Fsp3) is 0.552. The van der Waals surface area contributed by atoms with Gasteiger partial charge in [0.15, 0.2) is 0 Å². The van der Waals surface area contributed by atoms with Gasteiger partial charge in [-0.25, -0.2) is 0 Å². The van der Waals surface area contributed by atoms with Crippen molar-refractivity contribution >= 4 is 5.91 Å². The fourth-order valence-electron chi connectivity index (χ4n) is 5.83. The molecule has 1 atom stereocenters. The Morgan fingerprint density at radius 2 is 1.47 bits per heavy atom. The number of nitrogens with zero attached hydrogens (tertiary/aromatic N) is 1. The van der Waals surface area contributed by atoms with Crippen molar-refractivity contribution in [2.45, 2.75) is 75.7 Å². The number of amides is 1. The normalized spacial score (nSPS) is 24.1. The Morgan fingerprint density at radius 1 is 0.921 bits per heavy atom. The molecule has 2 aromatic rings. The molecule has 0 spiro atoms. The first-order valence-electron chi connectivity index (χ1n) is 13.3. The van der Waals surface area contributed by atoms with Crippen molar-refractivity contribution in [2.75, 3.05) is 19.6 Å². The van der Waals surface area contributed by atoms with Crippen molar-refractivity contribution in [3.63, 3.8) is 0 Å². The van der Waals surface area contributed by atoms with E-state index >= 15 is 0 Å². The SMILES string of the molecule is CC(C(=O)NC1(c2ccccc2)CCC(CN2CCCCC2)CC1)c1cc(C(F)(F)F)cc(C(F)(F)F)c1. The first-order chi connectivity index (χ1) is 17.9. The second-order valence-electron chi connectivity index (χ2n) is 10.8. The van der Waals surface area contributed by atoms with Crippen molar-refractivity contribution in [1.29, 1.82) is 0 Å². The fourth-order valence-corrected chi connectivity index (χ4v) is 5.83. The molecule has 0 bridgehead atoms. The second-order valence-corrected chi connectivity index (χ2v) is 10.8. The summed E-state index contributed by atoms with van der Waals surface area (Å²) in [6, 6.07) is 10.8. The summed E-state index contributed by atoms with van der Waals surface area (Å²) in [6.07, 6.45) is -3.19. The highest BCUT2D eigenvalue weighted by Crippen LogP contribution is 2.42. The molecule has 1 aliphatic heterocycles. The van der Waals surface area contributed by atoms with E-state index in [1.807, 2.05) is 30.3 Å². The van der Waals surface area contributed by atoms with Gasteiger partial charge in [0.1, 0.15) is 0 Å². The summed E-state index contributed by atoms with van der Waals surface area (Å²) in [4.78, 5) is 15.9. The van der Waals surface area contributed by atoms with E-state index in [2.05, 4.69) is 10.2 Å². The van der Waals surface area contributed by atoms with E-state index in [1.54, 1.807) is 0 Å². The summed E-state index contributed by atoms with van der Waals surface area (Å²) in [5, 5.41) is 3.07. The second kappa shape index (κ2) is 11.3. The molecule has 1 saturated carbocycles. The molecule has 38 heavy (non-hydrogen) atoms. The van der Waals surface area contributed by atoms with Crippen LogP contribution in [0.2, 0.25) is 0 Å². The van der Waals surface area contributed by atoms with Crippen LogP contribution in [0, 0.1) is 5.92 Å². The van der Waals surface area contributed by atoms with Gasteiger partial charge in [0.25, 0.3) is 0 Å². The molecule has 2 aromatic carbocycles. The number of alkyl halides is 6. The summed E-state index contributed by atoms with van der Waals surface area (Å²) < 4.78 is 80.3. The lowest BCUT2D eigenvalue weighted by atomic mass is 9.72. The quantitative estimate of drug-likeness (QED) is 0.385. The molecule has 208 valence electrons. The van der Waals surface area contributed by atoms with Gasteiger partial charge >= 0.3 is 12.4 Å². The molecule has 1 N–H and O–H groups in total. The van der Waals surface area contributed by atoms with Gasteiger partial charge in [-0.05, 0) is 93.8 Å². The van der Waals surface area contributed by atoms with Gasteiger partial charge in [-0.15, -0.1) is 0 Å². The number of benzene rings is 2. The van der Waals surface area contributed by atoms with Gasteiger partial charge in [-0.3, -0.25) is 4.79 Å². The lowest BCUT2D eigenvalue weighted by molar-refractivity contribution is -0.143. The number of likely N-dealkylation sites (tertiary alicyclic amines) is 1. The van der Waals surface area contributed by atoms with Crippen molar-refractivity contribution in [1.82, 2.24) is 10.2 Å². The molecular formula is C29H34F6N2O. The first kappa shape index (κ1) is 28.5. The molecule has 3 nitrogen and oxygen atoms in total. The molecule has 1 heterocycles. The topological polar surface area (TPSA) is 32.3 Å². The predicted molar refractivity (Wildman–Crippen MR) is 133 cm³/mol. The zero-order valence-corrected chi connectivity index (χ0v) is 21.5. The molecule has 2 fully saturated rings. The van der Waals surface area contributed by atoms with E-state index in [0.717, 1.165) is 38.0 Å². The van der Waals surface area contributed by atoms with Crippen LogP contribution < -0.4 is 5.32 Å². The monoisotopic (exact) mass is 540 g/mol. The van der Waals surface area contributed by atoms with E-state index < -0.39 is 40.8 Å². The molecule has 2 aliphatic rings. The van der Waals surface area contributed by atoms with Crippen LogP contribution in [-0.2, 0) is 22.7 Å². The number of hydrogen-bond acceptors (Lipinski definition) is 2. The van der Waals surface area contributed by atoms with Gasteiger partial charge in [-0.2, -0.15) is 26.3 Å². The van der Waals surface area contributed by atoms with Gasteiger partial charge < -0.3 is 10.2 Å². The van der Waals surface area contributed by atoms with Gasteiger partial charge in [0.2, 0.25) is 5.91 Å². The van der Waals surface area contributed by atoms with Crippen LogP contribution in [0.15, 0.2) is 48.5 Å². The highest BCUT2D eigenvalue weighted by molar-refractivity contribution is 5.84. The predicted octanol–water partition coefficient (Wildman–Crippen LogP) is 7.52. The van der Waals surface area contributed by atoms with Crippen LogP contribution in [0.1, 0.15) is 80.0 Å². The average molecular weight is 541 g/mol. The number of piperidine rings is 1. The largest absolute Gasteiger partial charge is 0.416 e. The minimum Gasteiger partial charge on any atom is -0.346 e. The Kier molecular flexibility index (Phi) is 8.45. The maximum Gasteiger partial charge on any atom is 0.416 e. The standard InChI is InChI=1S/C29H34F6N2O/c1-20(22-16-24(28(30,31)32)18-25(17-22)29(33,34)35)26(38)36-27(23-8-4-2-5-9-23)12-10-21(11-13-27)19-37-14-6-3-7-15-37/h2,4-5,8-9,16-18,20-21H,3,6-7,10-15,19H2,1H3,(H,36,38). The number of carbonyl (C=O) groups excluding carboxylic acids is 1. The van der Waals surface area contributed by atoms with Crippen LogP contribution in [0.5, 0.6) is 0 Å². The Labute approximate surface area is 219 Å². The maximum atomic E-state index is 13.4. The molecule has 9 heteroatoms. The Morgan fingerprint density at radius 3 is 2.00 bits per heavy atom. The van der Waals surface area contributed by atoms with Crippen molar-refractivity contribution in [2.24, 2.45) is 5.92 Å². The molecule has 1 amide bonds. The third kappa shape index (κ3) is 6.71. The summed E-state index contributed by atoms with van der Waals surface area (Å²) in [6.45, 7) is 4.57. The number of halogens is 6. The highest BCUT2D eigenvalue weighted by atomic mass is 19.4. The molecule has 4 rings (SSSR count). The van der Waals surface area contributed by atoms with Gasteiger partial charge in [0.05, 0.1) is 22.6 Å². The average Bonchev–Trinajstić information content (AvgIpc) is 2.89. The highest BCUT2D eigenvalue weighted by Gasteiger charge is 2.41. The van der Waals surface area contributed by atoms with Crippen LogP contribution in [0.4, 0.5) is 26.3 Å². The smallest absolute Gasteiger partial charge is 0.346 e. The van der Waals surface area contributed by atoms with E-state index in [9.17, 15) is 31.1 Å². The van der Waals surface area contributed by atoms with Crippen molar-refractivity contribution in [3.8, 4) is 0 Å². The summed E-state index contributed by atoms with van der Waals surface area (Å²) in [5.41, 5.74) is -2.97. The van der Waals surface area contributed by atoms with E-state index in [4.69, 9.17) is 0 Å². The maximum absolute atomic E-state index is 13.4. The van der Waals surface area contributed by atoms with Gasteiger partial charge in [-0.1, -0.05) is 36.8 Å². The summed E-state index contributed by atoms with van der Waals surface area (Å²) >= 11 is 0. The molecule has 0 aromatic heterocycles. The Bertz CT molecular complexity index is 1050. The number of hydrogen-bond donors (Lipinski definition) is 1. The zero-order valence-electron chi connectivity index (χ0n) is 21.5. The molecule has 1 unspecified atom stereocenters. The van der Waals surface area contributed by atoms with E-state index in [1.165, 1.54) is 26.2 Å². The molecule has 1 saturated heterocycles. The minimum absolute atomic E-state index is 0.0865. The zero-order chi connectivity index (χ0) is 27.6. The molecular weight excluding hydrogens is 506 g/mol. The lowest BCUT2D eigenvalue weighted by Gasteiger charge is -2.43. The van der Waals surface area contributed by atoms with Crippen LogP contribution in [-0.4, -0.2) is 30.4 Å². The number of rotatable bonds is 6. The summed E-state index contributed by atoms with van der Waals surface area (Å²) in [5.74, 6) is -1.31. The van der Waals surface area contributed by atoms with E-state index in [-0.39, 0.29) is 11.6 Å². The van der Waals surface area contributed by atoms with Crippen molar-refractivity contribution < 1.29 is 31.1 Å². The van der Waals surface area contributed by atoms with E-state index in [0.29, 0.717) is 30.9 Å². The van der Waals surface area contributed by atoms with Crippen LogP contribution in [0.25, 0.3) is 0 Å². The third-order valence-corrected chi connectivity index (χ3v) is 8.12. The number of nitrogens with one attached hydrogen (secondary N) is 1. The van der Waals surface area contributed by atoms with Crippen LogP contribution >= 0.6 is 0 Å². The van der Waals surface area contributed by atoms with Crippen LogP contribution in [0.3, 0.4) is 0 Å². The Balaban J connectivity index is 1.55. The molecule has 1 aliphatic carbocycles. The third-order valence-electron chi connectivity index (χ3n) is 8.12. The van der Waals surface area contributed by atoms with Crippen molar-refractivity contribution in [3.05, 3.63) is 70.8 Å². The lowest BCUT2D eigenvalue weighted by Crippen LogP contribution is -2.50. The number of carbonyl (C=O) groups is 1.